The summed E-state index contributed by atoms with van der Waals surface area (Å²) in [6.45, 7) is 0.669. The molecule has 3 nitrogen and oxygen atoms in total. The Kier molecular flexibility index (Phi) is 3.57. The van der Waals surface area contributed by atoms with Crippen LogP contribution in [0.3, 0.4) is 0 Å². The van der Waals surface area contributed by atoms with Crippen molar-refractivity contribution in [3.05, 3.63) is 35.4 Å². The molecule has 0 atom stereocenters. The molecule has 2 rings (SSSR count). The fraction of sp³-hybridized carbons (Fsp3) is 0.462. The minimum absolute atomic E-state index is 0.114. The van der Waals surface area contributed by atoms with Crippen LogP contribution in [-0.2, 0) is 11.3 Å². The van der Waals surface area contributed by atoms with Gasteiger partial charge in [-0.3, -0.25) is 5.41 Å². The average molecular weight is 218 g/mol. The van der Waals surface area contributed by atoms with E-state index in [2.05, 4.69) is 0 Å². The van der Waals surface area contributed by atoms with Crippen LogP contribution < -0.4 is 5.73 Å². The molecule has 16 heavy (non-hydrogen) atoms. The predicted octanol–water partition coefficient (Wildman–Crippen LogP) is 2.43. The monoisotopic (exact) mass is 218 g/mol. The zero-order chi connectivity index (χ0) is 11.4. The molecule has 3 heteroatoms. The Morgan fingerprint density at radius 3 is 2.44 bits per heavy atom. The van der Waals surface area contributed by atoms with Gasteiger partial charge in [-0.1, -0.05) is 37.1 Å². The molecule has 1 aliphatic carbocycles. The molecule has 1 aromatic carbocycles. The third kappa shape index (κ3) is 2.83. The molecule has 0 aliphatic heterocycles. The Hall–Kier alpha value is -1.35. The maximum absolute atomic E-state index is 7.29. The van der Waals surface area contributed by atoms with Gasteiger partial charge in [0.1, 0.15) is 5.84 Å². The van der Waals surface area contributed by atoms with Crippen LogP contribution in [0.4, 0.5) is 0 Å². The summed E-state index contributed by atoms with van der Waals surface area (Å²) in [6.07, 6.45) is 5.45. The summed E-state index contributed by atoms with van der Waals surface area (Å²) in [5.41, 5.74) is 7.31. The van der Waals surface area contributed by atoms with Crippen LogP contribution in [0.5, 0.6) is 0 Å². The smallest absolute Gasteiger partial charge is 0.122 e. The lowest BCUT2D eigenvalue weighted by atomic mass is 10.1. The zero-order valence-electron chi connectivity index (χ0n) is 9.41. The Balaban J connectivity index is 1.87. The van der Waals surface area contributed by atoms with Gasteiger partial charge in [-0.15, -0.1) is 0 Å². The fourth-order valence-corrected chi connectivity index (χ4v) is 2.05. The molecule has 1 aliphatic rings. The molecule has 1 aromatic rings. The van der Waals surface area contributed by atoms with Crippen LogP contribution in [0.25, 0.3) is 0 Å². The van der Waals surface area contributed by atoms with Crippen molar-refractivity contribution >= 4 is 5.84 Å². The summed E-state index contributed by atoms with van der Waals surface area (Å²) in [7, 11) is 0. The molecule has 0 unspecified atom stereocenters. The normalized spacial score (nSPS) is 16.5. The van der Waals surface area contributed by atoms with E-state index in [4.69, 9.17) is 15.9 Å². The van der Waals surface area contributed by atoms with Crippen LogP contribution in [0.15, 0.2) is 24.3 Å². The number of hydrogen-bond acceptors (Lipinski definition) is 2. The molecule has 86 valence electrons. The summed E-state index contributed by atoms with van der Waals surface area (Å²) in [5, 5.41) is 7.29. The number of nitrogens with one attached hydrogen (secondary N) is 1. The van der Waals surface area contributed by atoms with Crippen molar-refractivity contribution in [3.63, 3.8) is 0 Å². The number of nitrogen functional groups attached to an aromatic ring is 1. The minimum Gasteiger partial charge on any atom is -0.384 e. The molecule has 1 saturated carbocycles. The molecule has 0 amide bonds. The minimum atomic E-state index is 0.114. The van der Waals surface area contributed by atoms with E-state index in [9.17, 15) is 0 Å². The topological polar surface area (TPSA) is 59.1 Å². The highest BCUT2D eigenvalue weighted by Crippen LogP contribution is 2.22. The standard InChI is InChI=1S/C13H18N2O/c14-13(15)11-7-5-10(6-8-11)9-16-12-3-1-2-4-12/h5-8,12H,1-4,9H2,(H3,14,15). The number of rotatable bonds is 4. The van der Waals surface area contributed by atoms with Crippen LogP contribution in [0.2, 0.25) is 0 Å². The predicted molar refractivity (Wildman–Crippen MR) is 64.5 cm³/mol. The Bertz CT molecular complexity index is 353. The fourth-order valence-electron chi connectivity index (χ4n) is 2.05. The lowest BCUT2D eigenvalue weighted by Gasteiger charge is -2.11. The quantitative estimate of drug-likeness (QED) is 0.602. The Morgan fingerprint density at radius 1 is 1.25 bits per heavy atom. The van der Waals surface area contributed by atoms with Crippen molar-refractivity contribution in [1.82, 2.24) is 0 Å². The van der Waals surface area contributed by atoms with Crippen molar-refractivity contribution in [1.29, 1.82) is 5.41 Å². The van der Waals surface area contributed by atoms with Crippen molar-refractivity contribution in [2.24, 2.45) is 5.73 Å². The van der Waals surface area contributed by atoms with Gasteiger partial charge < -0.3 is 10.5 Å². The van der Waals surface area contributed by atoms with Gasteiger partial charge in [-0.05, 0) is 18.4 Å². The molecular weight excluding hydrogens is 200 g/mol. The maximum atomic E-state index is 7.29. The second-order valence-corrected chi connectivity index (χ2v) is 4.33. The highest BCUT2D eigenvalue weighted by Gasteiger charge is 2.14. The van der Waals surface area contributed by atoms with E-state index in [1.165, 1.54) is 25.7 Å². The first-order chi connectivity index (χ1) is 7.75. The number of ether oxygens (including phenoxy) is 1. The first-order valence-electron chi connectivity index (χ1n) is 5.80. The summed E-state index contributed by atoms with van der Waals surface area (Å²) in [6, 6.07) is 7.70. The van der Waals surface area contributed by atoms with E-state index in [1.807, 2.05) is 24.3 Å². The highest BCUT2D eigenvalue weighted by molar-refractivity contribution is 5.94. The van der Waals surface area contributed by atoms with Crippen molar-refractivity contribution in [2.75, 3.05) is 0 Å². The van der Waals surface area contributed by atoms with Gasteiger partial charge in [-0.2, -0.15) is 0 Å². The van der Waals surface area contributed by atoms with Crippen molar-refractivity contribution in [3.8, 4) is 0 Å². The molecular formula is C13H18N2O. The average Bonchev–Trinajstić information content (AvgIpc) is 2.80. The van der Waals surface area contributed by atoms with Crippen LogP contribution >= 0.6 is 0 Å². The van der Waals surface area contributed by atoms with Crippen molar-refractivity contribution < 1.29 is 4.74 Å². The van der Waals surface area contributed by atoms with Crippen LogP contribution in [-0.4, -0.2) is 11.9 Å². The van der Waals surface area contributed by atoms with Gasteiger partial charge in [0.15, 0.2) is 0 Å². The summed E-state index contributed by atoms with van der Waals surface area (Å²) < 4.78 is 5.80. The summed E-state index contributed by atoms with van der Waals surface area (Å²) >= 11 is 0. The van der Waals surface area contributed by atoms with Gasteiger partial charge in [-0.25, -0.2) is 0 Å². The Morgan fingerprint density at radius 2 is 1.88 bits per heavy atom. The van der Waals surface area contributed by atoms with E-state index in [1.54, 1.807) is 0 Å². The molecule has 3 N–H and O–H groups in total. The lowest BCUT2D eigenvalue weighted by Crippen LogP contribution is -2.11. The van der Waals surface area contributed by atoms with Crippen LogP contribution in [0.1, 0.15) is 36.8 Å². The number of hydrogen-bond donors (Lipinski definition) is 2. The van der Waals surface area contributed by atoms with E-state index >= 15 is 0 Å². The second kappa shape index (κ2) is 5.12. The maximum Gasteiger partial charge on any atom is 0.122 e. The number of nitrogens with two attached hydrogens (primary N) is 1. The highest BCUT2D eigenvalue weighted by atomic mass is 16.5. The van der Waals surface area contributed by atoms with Gasteiger partial charge in [0.2, 0.25) is 0 Å². The molecule has 0 bridgehead atoms. The largest absolute Gasteiger partial charge is 0.384 e. The molecule has 0 radical (unpaired) electrons. The second-order valence-electron chi connectivity index (χ2n) is 4.33. The van der Waals surface area contributed by atoms with E-state index in [-0.39, 0.29) is 5.84 Å². The number of benzene rings is 1. The molecule has 1 fully saturated rings. The molecule has 0 heterocycles. The molecule has 0 aromatic heterocycles. The third-order valence-corrected chi connectivity index (χ3v) is 3.05. The molecule has 0 spiro atoms. The first kappa shape index (κ1) is 11.1. The first-order valence-corrected chi connectivity index (χ1v) is 5.80. The Labute approximate surface area is 96.1 Å². The molecule has 0 saturated heterocycles. The van der Waals surface area contributed by atoms with Gasteiger partial charge in [0.05, 0.1) is 12.7 Å². The zero-order valence-corrected chi connectivity index (χ0v) is 9.41. The van der Waals surface area contributed by atoms with E-state index in [0.717, 1.165) is 11.1 Å². The van der Waals surface area contributed by atoms with Gasteiger partial charge >= 0.3 is 0 Å². The van der Waals surface area contributed by atoms with E-state index < -0.39 is 0 Å². The summed E-state index contributed by atoms with van der Waals surface area (Å²) in [5.74, 6) is 0.114. The van der Waals surface area contributed by atoms with Crippen molar-refractivity contribution in [2.45, 2.75) is 38.4 Å². The van der Waals surface area contributed by atoms with Gasteiger partial charge in [0.25, 0.3) is 0 Å². The number of amidine groups is 1. The SMILES string of the molecule is N=C(N)c1ccc(COC2CCCC2)cc1. The van der Waals surface area contributed by atoms with Crippen LogP contribution in [0, 0.1) is 5.41 Å². The third-order valence-electron chi connectivity index (χ3n) is 3.05. The lowest BCUT2D eigenvalue weighted by molar-refractivity contribution is 0.0457. The summed E-state index contributed by atoms with van der Waals surface area (Å²) in [4.78, 5) is 0. The van der Waals surface area contributed by atoms with E-state index in [0.29, 0.717) is 12.7 Å². The van der Waals surface area contributed by atoms with Gasteiger partial charge in [0, 0.05) is 5.56 Å².